The molecule has 0 heterocycles. The quantitative estimate of drug-likeness (QED) is 0.830. The Bertz CT molecular complexity index is 520. The number of nitriles is 1. The summed E-state index contributed by atoms with van der Waals surface area (Å²) in [6.45, 7) is 2.05. The molecule has 19 heavy (non-hydrogen) atoms. The molecule has 0 atom stereocenters. The van der Waals surface area contributed by atoms with Gasteiger partial charge in [0.05, 0.1) is 11.5 Å². The first-order valence-electron chi connectivity index (χ1n) is 6.82. The van der Waals surface area contributed by atoms with Crippen molar-refractivity contribution < 1.29 is 9.18 Å². The van der Waals surface area contributed by atoms with Crippen LogP contribution in [0.2, 0.25) is 0 Å². The molecule has 1 aliphatic rings. The molecular formula is C16H18FNO. The third kappa shape index (κ3) is 2.84. The molecule has 0 saturated heterocycles. The van der Waals surface area contributed by atoms with Gasteiger partial charge in [-0.2, -0.15) is 5.26 Å². The van der Waals surface area contributed by atoms with Crippen molar-refractivity contribution >= 4 is 5.78 Å². The van der Waals surface area contributed by atoms with Crippen LogP contribution in [0.15, 0.2) is 18.2 Å². The van der Waals surface area contributed by atoms with Crippen molar-refractivity contribution in [3.05, 3.63) is 35.1 Å². The molecule has 0 amide bonds. The second-order valence-corrected chi connectivity index (χ2v) is 5.33. The number of aryl methyl sites for hydroxylation is 1. The summed E-state index contributed by atoms with van der Waals surface area (Å²) in [5.74, 6) is -0.0801. The van der Waals surface area contributed by atoms with Gasteiger partial charge in [0.1, 0.15) is 11.6 Å². The molecule has 1 fully saturated rings. The summed E-state index contributed by atoms with van der Waals surface area (Å²) in [6.07, 6.45) is 3.63. The van der Waals surface area contributed by atoms with Crippen LogP contribution < -0.4 is 0 Å². The van der Waals surface area contributed by atoms with Crippen LogP contribution in [0.1, 0.15) is 50.2 Å². The summed E-state index contributed by atoms with van der Waals surface area (Å²) < 4.78 is 13.7. The summed E-state index contributed by atoms with van der Waals surface area (Å²) in [6, 6.07) is 7.26. The number of carbonyl (C=O) groups is 1. The molecule has 1 saturated carbocycles. The van der Waals surface area contributed by atoms with E-state index in [2.05, 4.69) is 6.07 Å². The smallest absolute Gasteiger partial charge is 0.133 e. The topological polar surface area (TPSA) is 40.9 Å². The van der Waals surface area contributed by atoms with Crippen molar-refractivity contribution in [1.82, 2.24) is 0 Å². The zero-order valence-corrected chi connectivity index (χ0v) is 11.2. The maximum atomic E-state index is 13.7. The summed E-state index contributed by atoms with van der Waals surface area (Å²) in [4.78, 5) is 11.4. The fourth-order valence-electron chi connectivity index (χ4n) is 2.78. The minimum Gasteiger partial charge on any atom is -0.300 e. The maximum absolute atomic E-state index is 13.7. The molecule has 2 rings (SSSR count). The number of halogens is 1. The lowest BCUT2D eigenvalue weighted by Crippen LogP contribution is -2.30. The van der Waals surface area contributed by atoms with E-state index in [1.54, 1.807) is 0 Å². The molecule has 100 valence electrons. The normalized spacial score (nSPS) is 18.1. The zero-order valence-electron chi connectivity index (χ0n) is 11.2. The van der Waals surface area contributed by atoms with Crippen LogP contribution in [0.25, 0.3) is 0 Å². The number of Topliss-reactive ketones (excluding diaryl/α,β-unsaturated/α-hetero) is 1. The van der Waals surface area contributed by atoms with Gasteiger partial charge in [-0.25, -0.2) is 4.39 Å². The zero-order chi connectivity index (χ0) is 13.9. The van der Waals surface area contributed by atoms with E-state index in [4.69, 9.17) is 0 Å². The molecule has 2 nitrogen and oxygen atoms in total. The van der Waals surface area contributed by atoms with Crippen LogP contribution >= 0.6 is 0 Å². The first-order valence-corrected chi connectivity index (χ1v) is 6.82. The Morgan fingerprint density at radius 2 is 2.00 bits per heavy atom. The van der Waals surface area contributed by atoms with E-state index in [-0.39, 0.29) is 11.6 Å². The summed E-state index contributed by atoms with van der Waals surface area (Å²) >= 11 is 0. The Labute approximate surface area is 113 Å². The lowest BCUT2D eigenvalue weighted by Gasteiger charge is -2.30. The predicted molar refractivity (Wildman–Crippen MR) is 71.2 cm³/mol. The van der Waals surface area contributed by atoms with Gasteiger partial charge < -0.3 is 0 Å². The van der Waals surface area contributed by atoms with Crippen molar-refractivity contribution in [2.75, 3.05) is 0 Å². The minimum absolute atomic E-state index is 0.205. The molecule has 1 aromatic carbocycles. The van der Waals surface area contributed by atoms with Crippen LogP contribution in [-0.4, -0.2) is 5.78 Å². The van der Waals surface area contributed by atoms with Gasteiger partial charge in [0.15, 0.2) is 0 Å². The third-order valence-corrected chi connectivity index (χ3v) is 3.92. The Kier molecular flexibility index (Phi) is 3.99. The lowest BCUT2D eigenvalue weighted by molar-refractivity contribution is -0.120. The van der Waals surface area contributed by atoms with Crippen LogP contribution in [0, 0.1) is 17.1 Å². The molecule has 0 aliphatic heterocycles. The van der Waals surface area contributed by atoms with Crippen LogP contribution in [0.4, 0.5) is 4.39 Å². The number of nitrogens with zero attached hydrogens (tertiary/aromatic N) is 1. The Hall–Kier alpha value is -1.69. The molecule has 1 aliphatic carbocycles. The second kappa shape index (κ2) is 5.52. The highest BCUT2D eigenvalue weighted by Gasteiger charge is 2.37. The van der Waals surface area contributed by atoms with E-state index in [1.165, 1.54) is 12.1 Å². The SMILES string of the molecule is CCCc1cc(F)cc(C2(C#N)CCC(=O)CC2)c1. The average molecular weight is 259 g/mol. The Morgan fingerprint density at radius 1 is 1.32 bits per heavy atom. The first kappa shape index (κ1) is 13.7. The molecule has 3 heteroatoms. The first-order chi connectivity index (χ1) is 9.09. The van der Waals surface area contributed by atoms with Gasteiger partial charge in [-0.15, -0.1) is 0 Å². The van der Waals surface area contributed by atoms with Crippen molar-refractivity contribution in [1.29, 1.82) is 5.26 Å². The molecule has 0 radical (unpaired) electrons. The lowest BCUT2D eigenvalue weighted by atomic mass is 9.70. The Balaban J connectivity index is 2.38. The van der Waals surface area contributed by atoms with Crippen molar-refractivity contribution in [2.45, 2.75) is 50.9 Å². The van der Waals surface area contributed by atoms with E-state index in [0.717, 1.165) is 24.0 Å². The van der Waals surface area contributed by atoms with Crippen LogP contribution in [0.5, 0.6) is 0 Å². The van der Waals surface area contributed by atoms with Crippen molar-refractivity contribution in [2.24, 2.45) is 0 Å². The number of benzene rings is 1. The van der Waals surface area contributed by atoms with Crippen molar-refractivity contribution in [3.8, 4) is 6.07 Å². The highest BCUT2D eigenvalue weighted by Crippen LogP contribution is 2.38. The largest absolute Gasteiger partial charge is 0.300 e. The minimum atomic E-state index is -0.682. The van der Waals surface area contributed by atoms with Gasteiger partial charge in [-0.3, -0.25) is 4.79 Å². The highest BCUT2D eigenvalue weighted by molar-refractivity contribution is 5.80. The average Bonchev–Trinajstić information content (AvgIpc) is 2.40. The maximum Gasteiger partial charge on any atom is 0.133 e. The fraction of sp³-hybridized carbons (Fsp3) is 0.500. The highest BCUT2D eigenvalue weighted by atomic mass is 19.1. The van der Waals surface area contributed by atoms with Gasteiger partial charge in [0.25, 0.3) is 0 Å². The number of hydrogen-bond acceptors (Lipinski definition) is 2. The van der Waals surface area contributed by atoms with Gasteiger partial charge in [-0.1, -0.05) is 19.4 Å². The standard InChI is InChI=1S/C16H18FNO/c1-2-3-12-8-13(10-14(17)9-12)16(11-18)6-4-15(19)5-7-16/h8-10H,2-7H2,1H3. The van der Waals surface area contributed by atoms with E-state index in [1.807, 2.05) is 13.0 Å². The van der Waals surface area contributed by atoms with Crippen molar-refractivity contribution in [3.63, 3.8) is 0 Å². The molecular weight excluding hydrogens is 241 g/mol. The van der Waals surface area contributed by atoms with Gasteiger partial charge in [-0.05, 0) is 42.5 Å². The molecule has 0 N–H and O–H groups in total. The molecule has 0 aromatic heterocycles. The van der Waals surface area contributed by atoms with E-state index in [0.29, 0.717) is 25.7 Å². The number of ketones is 1. The molecule has 0 bridgehead atoms. The third-order valence-electron chi connectivity index (χ3n) is 3.92. The number of hydrogen-bond donors (Lipinski definition) is 0. The van der Waals surface area contributed by atoms with Gasteiger partial charge in [0, 0.05) is 12.8 Å². The number of carbonyl (C=O) groups excluding carboxylic acids is 1. The number of rotatable bonds is 3. The fourth-order valence-corrected chi connectivity index (χ4v) is 2.78. The summed E-state index contributed by atoms with van der Waals surface area (Å²) in [7, 11) is 0. The van der Waals surface area contributed by atoms with Gasteiger partial charge in [0.2, 0.25) is 0 Å². The molecule has 0 spiro atoms. The second-order valence-electron chi connectivity index (χ2n) is 5.33. The predicted octanol–water partition coefficient (Wildman–Crippen LogP) is 3.68. The molecule has 1 aromatic rings. The monoisotopic (exact) mass is 259 g/mol. The van der Waals surface area contributed by atoms with Crippen LogP contribution in [-0.2, 0) is 16.6 Å². The molecule has 0 unspecified atom stereocenters. The van der Waals surface area contributed by atoms with Crippen LogP contribution in [0.3, 0.4) is 0 Å². The van der Waals surface area contributed by atoms with E-state index in [9.17, 15) is 14.4 Å². The van der Waals surface area contributed by atoms with E-state index >= 15 is 0 Å². The van der Waals surface area contributed by atoms with Gasteiger partial charge >= 0.3 is 0 Å². The summed E-state index contributed by atoms with van der Waals surface area (Å²) in [5.41, 5.74) is 0.994. The van der Waals surface area contributed by atoms with E-state index < -0.39 is 5.41 Å². The summed E-state index contributed by atoms with van der Waals surface area (Å²) in [5, 5.41) is 9.51. The Morgan fingerprint density at radius 3 is 2.58 bits per heavy atom.